The van der Waals surface area contributed by atoms with Gasteiger partial charge in [0.2, 0.25) is 0 Å². The molecule has 1 saturated carbocycles. The van der Waals surface area contributed by atoms with Crippen LogP contribution in [-0.4, -0.2) is 36.0 Å². The van der Waals surface area contributed by atoms with Gasteiger partial charge in [0.1, 0.15) is 0 Å². The number of nitrogens with zero attached hydrogens (tertiary/aromatic N) is 1. The topological polar surface area (TPSA) is 69.6 Å². The molecule has 2 aliphatic heterocycles. The summed E-state index contributed by atoms with van der Waals surface area (Å²) in [7, 11) is 0. The van der Waals surface area contributed by atoms with Crippen molar-refractivity contribution < 1.29 is 14.7 Å². The van der Waals surface area contributed by atoms with E-state index >= 15 is 0 Å². The number of aliphatic hydroxyl groups is 1. The minimum absolute atomic E-state index is 0.227. The van der Waals surface area contributed by atoms with Crippen LogP contribution in [-0.2, 0) is 4.79 Å². The molecule has 0 aromatic heterocycles. The molecule has 3 aliphatic rings. The lowest BCUT2D eigenvalue weighted by Gasteiger charge is -2.22. The second-order valence-electron chi connectivity index (χ2n) is 6.11. The fourth-order valence-corrected chi connectivity index (χ4v) is 4.11. The molecule has 110 valence electrons. The summed E-state index contributed by atoms with van der Waals surface area (Å²) < 4.78 is 0. The van der Waals surface area contributed by atoms with Crippen LogP contribution >= 0.6 is 11.6 Å². The van der Waals surface area contributed by atoms with Crippen molar-refractivity contribution in [2.24, 2.45) is 11.8 Å². The number of hydrogen-bond acceptors (Lipinski definition) is 4. The van der Waals surface area contributed by atoms with E-state index in [2.05, 4.69) is 10.2 Å². The molecule has 6 heteroatoms. The number of rotatable bonds is 1. The number of anilines is 2. The third-order valence-electron chi connectivity index (χ3n) is 4.95. The summed E-state index contributed by atoms with van der Waals surface area (Å²) >= 11 is 6.30. The molecule has 1 amide bonds. The summed E-state index contributed by atoms with van der Waals surface area (Å²) in [5.74, 6) is -0.342. The Hall–Kier alpha value is -1.59. The zero-order valence-corrected chi connectivity index (χ0v) is 12.1. The van der Waals surface area contributed by atoms with Crippen molar-refractivity contribution in [2.75, 3.05) is 23.3 Å². The highest BCUT2D eigenvalue weighted by Crippen LogP contribution is 2.43. The van der Waals surface area contributed by atoms with E-state index in [1.807, 2.05) is 0 Å². The summed E-state index contributed by atoms with van der Waals surface area (Å²) in [6.45, 7) is 1.63. The number of hydrogen-bond donors (Lipinski definition) is 2. The molecule has 4 rings (SSSR count). The van der Waals surface area contributed by atoms with E-state index in [0.29, 0.717) is 28.1 Å². The first-order valence-corrected chi connectivity index (χ1v) is 7.54. The third kappa shape index (κ3) is 1.88. The van der Waals surface area contributed by atoms with Crippen molar-refractivity contribution in [3.63, 3.8) is 0 Å². The summed E-state index contributed by atoms with van der Waals surface area (Å²) in [5.41, 5.74) is 1.70. The molecule has 3 unspecified atom stereocenters. The molecule has 2 fully saturated rings. The smallest absolute Gasteiger partial charge is 0.296 e. The number of halogens is 1. The maximum atomic E-state index is 11.7. The maximum absolute atomic E-state index is 11.7. The lowest BCUT2D eigenvalue weighted by atomic mass is 10.00. The Kier molecular flexibility index (Phi) is 2.78. The van der Waals surface area contributed by atoms with Crippen molar-refractivity contribution in [1.82, 2.24) is 0 Å². The van der Waals surface area contributed by atoms with E-state index in [1.54, 1.807) is 12.1 Å². The molecule has 21 heavy (non-hydrogen) atoms. The average Bonchev–Trinajstić information content (AvgIpc) is 3.08. The molecule has 0 radical (unpaired) electrons. The number of fused-ring (bicyclic) bond motifs is 2. The predicted octanol–water partition coefficient (Wildman–Crippen LogP) is 1.68. The molecule has 0 spiro atoms. The Morgan fingerprint density at radius 2 is 2.05 bits per heavy atom. The van der Waals surface area contributed by atoms with Gasteiger partial charge in [-0.3, -0.25) is 9.59 Å². The third-order valence-corrected chi connectivity index (χ3v) is 5.25. The van der Waals surface area contributed by atoms with E-state index in [1.165, 1.54) is 0 Å². The number of Topliss-reactive ketones (excluding diaryl/α,β-unsaturated/α-hetero) is 1. The van der Waals surface area contributed by atoms with Gasteiger partial charge in [0.15, 0.2) is 0 Å². The molecule has 2 N–H and O–H groups in total. The van der Waals surface area contributed by atoms with Crippen molar-refractivity contribution in [3.05, 3.63) is 22.7 Å². The summed E-state index contributed by atoms with van der Waals surface area (Å²) in [6.07, 6.45) is 1.70. The van der Waals surface area contributed by atoms with Crippen molar-refractivity contribution in [3.8, 4) is 0 Å². The van der Waals surface area contributed by atoms with Crippen LogP contribution in [0.5, 0.6) is 0 Å². The fourth-order valence-electron chi connectivity index (χ4n) is 3.83. The summed E-state index contributed by atoms with van der Waals surface area (Å²) in [6, 6.07) is 3.34. The average molecular weight is 307 g/mol. The summed E-state index contributed by atoms with van der Waals surface area (Å²) in [4.78, 5) is 25.2. The zero-order chi connectivity index (χ0) is 14.7. The number of carbonyl (C=O) groups is 2. The molecule has 5 nitrogen and oxygen atoms in total. The second kappa shape index (κ2) is 4.45. The minimum atomic E-state index is -0.605. The Bertz CT molecular complexity index is 661. The molecular weight excluding hydrogens is 292 g/mol. The van der Waals surface area contributed by atoms with Gasteiger partial charge in [0, 0.05) is 19.0 Å². The number of benzene rings is 1. The van der Waals surface area contributed by atoms with Crippen LogP contribution in [0.15, 0.2) is 12.1 Å². The fraction of sp³-hybridized carbons (Fsp3) is 0.467. The van der Waals surface area contributed by atoms with Gasteiger partial charge < -0.3 is 15.3 Å². The van der Waals surface area contributed by atoms with Crippen LogP contribution in [0.4, 0.5) is 11.4 Å². The van der Waals surface area contributed by atoms with Gasteiger partial charge in [-0.2, -0.15) is 0 Å². The first kappa shape index (κ1) is 13.1. The highest BCUT2D eigenvalue weighted by Gasteiger charge is 2.42. The van der Waals surface area contributed by atoms with Gasteiger partial charge in [-0.05, 0) is 30.9 Å². The van der Waals surface area contributed by atoms with Crippen molar-refractivity contribution in [2.45, 2.75) is 18.9 Å². The highest BCUT2D eigenvalue weighted by molar-refractivity contribution is 6.52. The standard InChI is InChI=1S/C15H15ClN2O3/c16-10-3-8-11(17-15(21)14(8)20)4-12(10)18-5-7-1-2-13(19)9(7)6-18/h3-4,7,9,13,19H,1-2,5-6H2,(H,17,20,21). The lowest BCUT2D eigenvalue weighted by molar-refractivity contribution is -0.112. The summed E-state index contributed by atoms with van der Waals surface area (Å²) in [5, 5.41) is 13.1. The van der Waals surface area contributed by atoms with E-state index in [0.717, 1.165) is 31.6 Å². The normalized spacial score (nSPS) is 30.6. The zero-order valence-electron chi connectivity index (χ0n) is 11.3. The first-order valence-electron chi connectivity index (χ1n) is 7.17. The monoisotopic (exact) mass is 306 g/mol. The lowest BCUT2D eigenvalue weighted by Crippen LogP contribution is -2.24. The molecule has 1 aliphatic carbocycles. The molecule has 2 heterocycles. The van der Waals surface area contributed by atoms with Crippen LogP contribution in [0.1, 0.15) is 23.2 Å². The van der Waals surface area contributed by atoms with Gasteiger partial charge in [0.25, 0.3) is 11.7 Å². The van der Waals surface area contributed by atoms with Crippen LogP contribution in [0.2, 0.25) is 5.02 Å². The Labute approximate surface area is 126 Å². The molecule has 0 bridgehead atoms. The van der Waals surface area contributed by atoms with Crippen molar-refractivity contribution >= 4 is 34.7 Å². The quantitative estimate of drug-likeness (QED) is 0.775. The van der Waals surface area contributed by atoms with E-state index in [-0.39, 0.29) is 6.10 Å². The Morgan fingerprint density at radius 1 is 1.24 bits per heavy atom. The first-order chi connectivity index (χ1) is 10.0. The number of aliphatic hydroxyl groups excluding tert-OH is 1. The van der Waals surface area contributed by atoms with Crippen LogP contribution in [0.3, 0.4) is 0 Å². The second-order valence-corrected chi connectivity index (χ2v) is 6.51. The number of carbonyl (C=O) groups excluding carboxylic acids is 2. The molecule has 1 saturated heterocycles. The van der Waals surface area contributed by atoms with Crippen LogP contribution in [0.25, 0.3) is 0 Å². The number of amides is 1. The number of nitrogens with one attached hydrogen (secondary N) is 1. The Balaban J connectivity index is 1.67. The van der Waals surface area contributed by atoms with Crippen molar-refractivity contribution in [1.29, 1.82) is 0 Å². The van der Waals surface area contributed by atoms with E-state index in [4.69, 9.17) is 11.6 Å². The molecule has 3 atom stereocenters. The molecule has 1 aromatic rings. The highest BCUT2D eigenvalue weighted by atomic mass is 35.5. The largest absolute Gasteiger partial charge is 0.393 e. The van der Waals surface area contributed by atoms with Gasteiger partial charge in [-0.15, -0.1) is 0 Å². The Morgan fingerprint density at radius 3 is 2.81 bits per heavy atom. The van der Waals surface area contributed by atoms with Crippen LogP contribution in [0, 0.1) is 11.8 Å². The van der Waals surface area contributed by atoms with E-state index in [9.17, 15) is 14.7 Å². The van der Waals surface area contributed by atoms with Crippen LogP contribution < -0.4 is 10.2 Å². The number of ketones is 1. The maximum Gasteiger partial charge on any atom is 0.296 e. The van der Waals surface area contributed by atoms with Gasteiger partial charge in [0.05, 0.1) is 28.1 Å². The van der Waals surface area contributed by atoms with Gasteiger partial charge >= 0.3 is 0 Å². The molecular formula is C15H15ClN2O3. The predicted molar refractivity (Wildman–Crippen MR) is 78.8 cm³/mol. The van der Waals surface area contributed by atoms with E-state index < -0.39 is 11.7 Å². The van der Waals surface area contributed by atoms with Gasteiger partial charge in [-0.1, -0.05) is 11.6 Å². The minimum Gasteiger partial charge on any atom is -0.393 e. The molecule has 1 aromatic carbocycles. The van der Waals surface area contributed by atoms with Gasteiger partial charge in [-0.25, -0.2) is 0 Å². The SMILES string of the molecule is O=C1Nc2cc(N3CC4CCC(O)C4C3)c(Cl)cc2C1=O.